The van der Waals surface area contributed by atoms with Crippen LogP contribution in [0.25, 0.3) is 0 Å². The molecule has 2 aromatic rings. The maximum Gasteiger partial charge on any atom is 0.224 e. The van der Waals surface area contributed by atoms with E-state index >= 15 is 0 Å². The highest BCUT2D eigenvalue weighted by Gasteiger charge is 2.19. The van der Waals surface area contributed by atoms with Crippen molar-refractivity contribution in [2.24, 2.45) is 0 Å². The Kier molecular flexibility index (Phi) is 7.86. The van der Waals surface area contributed by atoms with E-state index in [9.17, 15) is 9.59 Å². The summed E-state index contributed by atoms with van der Waals surface area (Å²) < 4.78 is 5.63. The third-order valence-electron chi connectivity index (χ3n) is 4.34. The summed E-state index contributed by atoms with van der Waals surface area (Å²) >= 11 is 0. The molecule has 0 fully saturated rings. The predicted molar refractivity (Wildman–Crippen MR) is 108 cm³/mol. The van der Waals surface area contributed by atoms with Crippen molar-refractivity contribution in [2.75, 3.05) is 24.6 Å². The van der Waals surface area contributed by atoms with Crippen molar-refractivity contribution < 1.29 is 14.3 Å². The fraction of sp³-hybridized carbons (Fsp3) is 0.364. The molecule has 0 unspecified atom stereocenters. The number of amides is 2. The smallest absolute Gasteiger partial charge is 0.224 e. The van der Waals surface area contributed by atoms with Gasteiger partial charge in [-0.1, -0.05) is 42.5 Å². The Balaban J connectivity index is 2.06. The average Bonchev–Trinajstić information content (AvgIpc) is 2.68. The Morgan fingerprint density at radius 1 is 0.963 bits per heavy atom. The van der Waals surface area contributed by atoms with Gasteiger partial charge in [0.1, 0.15) is 5.75 Å². The molecule has 0 saturated carbocycles. The maximum absolute atomic E-state index is 12.7. The lowest BCUT2D eigenvalue weighted by atomic mass is 10.2. The van der Waals surface area contributed by atoms with E-state index in [1.165, 1.54) is 6.92 Å². The topological polar surface area (TPSA) is 49.9 Å². The minimum absolute atomic E-state index is 0.0292. The first-order chi connectivity index (χ1) is 13.1. The lowest BCUT2D eigenvalue weighted by molar-refractivity contribution is -0.131. The second kappa shape index (κ2) is 10.4. The van der Waals surface area contributed by atoms with Crippen molar-refractivity contribution in [2.45, 2.75) is 33.7 Å². The van der Waals surface area contributed by atoms with Crippen LogP contribution in [0.2, 0.25) is 0 Å². The number of nitrogens with zero attached hydrogens (tertiary/aromatic N) is 2. The van der Waals surface area contributed by atoms with Gasteiger partial charge in [0.05, 0.1) is 12.3 Å². The van der Waals surface area contributed by atoms with Crippen LogP contribution in [0.4, 0.5) is 5.69 Å². The number of carbonyl (C=O) groups excluding carboxylic acids is 2. The number of hydrogen-bond acceptors (Lipinski definition) is 3. The molecule has 0 spiro atoms. The van der Waals surface area contributed by atoms with E-state index in [2.05, 4.69) is 0 Å². The highest BCUT2D eigenvalue weighted by molar-refractivity contribution is 5.93. The zero-order chi connectivity index (χ0) is 19.6. The van der Waals surface area contributed by atoms with Gasteiger partial charge in [0.15, 0.2) is 0 Å². The van der Waals surface area contributed by atoms with E-state index in [1.807, 2.05) is 73.3 Å². The summed E-state index contributed by atoms with van der Waals surface area (Å²) in [7, 11) is 0. The lowest BCUT2D eigenvalue weighted by Crippen LogP contribution is -2.36. The number of ether oxygens (including phenoxy) is 1. The lowest BCUT2D eigenvalue weighted by Gasteiger charge is -2.26. The van der Waals surface area contributed by atoms with Crippen molar-refractivity contribution in [3.8, 4) is 5.75 Å². The molecule has 2 amide bonds. The Morgan fingerprint density at radius 2 is 1.63 bits per heavy atom. The Hall–Kier alpha value is -2.82. The largest absolute Gasteiger partial charge is 0.492 e. The summed E-state index contributed by atoms with van der Waals surface area (Å²) in [5, 5.41) is 0. The van der Waals surface area contributed by atoms with Gasteiger partial charge >= 0.3 is 0 Å². The molecule has 5 nitrogen and oxygen atoms in total. The van der Waals surface area contributed by atoms with Gasteiger partial charge in [-0.2, -0.15) is 0 Å². The molecule has 0 aliphatic carbocycles. The second-order valence-electron chi connectivity index (χ2n) is 6.21. The SMILES string of the molecule is CCOc1ccccc1N(CCC(=O)N(CC)Cc1ccccc1)C(C)=O. The number of para-hydroxylation sites is 2. The molecular formula is C22H28N2O3. The third-order valence-corrected chi connectivity index (χ3v) is 4.34. The maximum atomic E-state index is 12.7. The van der Waals surface area contributed by atoms with E-state index in [1.54, 1.807) is 4.90 Å². The number of anilines is 1. The van der Waals surface area contributed by atoms with Gasteiger partial charge in [0.2, 0.25) is 11.8 Å². The molecule has 0 aromatic heterocycles. The van der Waals surface area contributed by atoms with Gasteiger partial charge in [0.25, 0.3) is 0 Å². The molecule has 2 aromatic carbocycles. The van der Waals surface area contributed by atoms with Crippen LogP contribution in [-0.4, -0.2) is 36.4 Å². The number of benzene rings is 2. The minimum atomic E-state index is -0.110. The fourth-order valence-corrected chi connectivity index (χ4v) is 2.95. The van der Waals surface area contributed by atoms with Gasteiger partial charge in [-0.25, -0.2) is 0 Å². The average molecular weight is 368 g/mol. The highest BCUT2D eigenvalue weighted by atomic mass is 16.5. The number of hydrogen-bond donors (Lipinski definition) is 0. The molecule has 0 atom stereocenters. The first-order valence-electron chi connectivity index (χ1n) is 9.38. The van der Waals surface area contributed by atoms with Crippen LogP contribution in [0.15, 0.2) is 54.6 Å². The summed E-state index contributed by atoms with van der Waals surface area (Å²) in [6.07, 6.45) is 0.265. The molecule has 0 radical (unpaired) electrons. The molecule has 5 heteroatoms. The zero-order valence-corrected chi connectivity index (χ0v) is 16.4. The fourth-order valence-electron chi connectivity index (χ4n) is 2.95. The molecule has 27 heavy (non-hydrogen) atoms. The standard InChI is InChI=1S/C22H28N2O3/c1-4-23(17-19-11-7-6-8-12-19)22(26)15-16-24(18(3)25)20-13-9-10-14-21(20)27-5-2/h6-14H,4-5,15-17H2,1-3H3. The number of carbonyl (C=O) groups is 2. The molecule has 0 saturated heterocycles. The molecular weight excluding hydrogens is 340 g/mol. The van der Waals surface area contributed by atoms with Crippen LogP contribution in [-0.2, 0) is 16.1 Å². The second-order valence-corrected chi connectivity index (χ2v) is 6.21. The highest BCUT2D eigenvalue weighted by Crippen LogP contribution is 2.28. The van der Waals surface area contributed by atoms with Gasteiger partial charge in [-0.05, 0) is 31.5 Å². The summed E-state index contributed by atoms with van der Waals surface area (Å²) in [5.74, 6) is 0.571. The molecule has 0 aliphatic heterocycles. The summed E-state index contributed by atoms with van der Waals surface area (Å²) in [6, 6.07) is 17.3. The van der Waals surface area contributed by atoms with E-state index in [-0.39, 0.29) is 18.2 Å². The van der Waals surface area contributed by atoms with Crippen molar-refractivity contribution in [1.82, 2.24) is 4.90 Å². The summed E-state index contributed by atoms with van der Waals surface area (Å²) in [6.45, 7) is 7.42. The molecule has 2 rings (SSSR count). The normalized spacial score (nSPS) is 10.3. The van der Waals surface area contributed by atoms with E-state index in [0.717, 1.165) is 5.56 Å². The molecule has 0 heterocycles. The van der Waals surface area contributed by atoms with Crippen molar-refractivity contribution in [3.05, 3.63) is 60.2 Å². The van der Waals surface area contributed by atoms with Crippen molar-refractivity contribution in [3.63, 3.8) is 0 Å². The third kappa shape index (κ3) is 5.84. The first-order valence-corrected chi connectivity index (χ1v) is 9.38. The van der Waals surface area contributed by atoms with E-state index in [0.29, 0.717) is 37.7 Å². The first kappa shape index (κ1) is 20.5. The van der Waals surface area contributed by atoms with Crippen LogP contribution >= 0.6 is 0 Å². The Labute approximate surface area is 161 Å². The van der Waals surface area contributed by atoms with Crippen LogP contribution in [0.5, 0.6) is 5.75 Å². The zero-order valence-electron chi connectivity index (χ0n) is 16.4. The van der Waals surface area contributed by atoms with Crippen molar-refractivity contribution in [1.29, 1.82) is 0 Å². The van der Waals surface area contributed by atoms with Crippen LogP contribution in [0, 0.1) is 0 Å². The van der Waals surface area contributed by atoms with Crippen molar-refractivity contribution >= 4 is 17.5 Å². The van der Waals surface area contributed by atoms with Gasteiger partial charge in [-0.15, -0.1) is 0 Å². The van der Waals surface area contributed by atoms with Gasteiger partial charge < -0.3 is 14.5 Å². The molecule has 0 N–H and O–H groups in total. The van der Waals surface area contributed by atoms with Gasteiger partial charge in [-0.3, -0.25) is 9.59 Å². The molecule has 144 valence electrons. The van der Waals surface area contributed by atoms with E-state index in [4.69, 9.17) is 4.74 Å². The van der Waals surface area contributed by atoms with Crippen LogP contribution in [0.3, 0.4) is 0 Å². The van der Waals surface area contributed by atoms with Crippen LogP contribution in [0.1, 0.15) is 32.8 Å². The van der Waals surface area contributed by atoms with Gasteiger partial charge in [0, 0.05) is 33.0 Å². The van der Waals surface area contributed by atoms with E-state index < -0.39 is 0 Å². The summed E-state index contributed by atoms with van der Waals surface area (Å²) in [5.41, 5.74) is 1.79. The monoisotopic (exact) mass is 368 g/mol. The predicted octanol–water partition coefficient (Wildman–Crippen LogP) is 3.88. The quantitative estimate of drug-likeness (QED) is 0.675. The molecule has 0 bridgehead atoms. The summed E-state index contributed by atoms with van der Waals surface area (Å²) in [4.78, 5) is 28.3. The Morgan fingerprint density at radius 3 is 2.26 bits per heavy atom. The molecule has 0 aliphatic rings. The number of rotatable bonds is 9. The Bertz CT molecular complexity index is 746. The minimum Gasteiger partial charge on any atom is -0.492 e. The van der Waals surface area contributed by atoms with Crippen LogP contribution < -0.4 is 9.64 Å².